The summed E-state index contributed by atoms with van der Waals surface area (Å²) >= 11 is 6.23. The maximum atomic E-state index is 12.2. The van der Waals surface area contributed by atoms with E-state index in [4.69, 9.17) is 17.3 Å². The third kappa shape index (κ3) is 2.92. The largest absolute Gasteiger partial charge is 0.365 e. The van der Waals surface area contributed by atoms with E-state index in [-0.39, 0.29) is 16.6 Å². The minimum absolute atomic E-state index is 0.212. The lowest BCUT2D eigenvalue weighted by Gasteiger charge is -2.26. The van der Waals surface area contributed by atoms with E-state index in [1.807, 2.05) is 13.8 Å². The number of hydrogen-bond acceptors (Lipinski definition) is 4. The highest BCUT2D eigenvalue weighted by Gasteiger charge is 2.26. The van der Waals surface area contributed by atoms with Gasteiger partial charge >= 0.3 is 0 Å². The van der Waals surface area contributed by atoms with Gasteiger partial charge in [-0.3, -0.25) is 4.79 Å². The Morgan fingerprint density at radius 1 is 1.58 bits per heavy atom. The first kappa shape index (κ1) is 14.3. The predicted octanol–water partition coefficient (Wildman–Crippen LogP) is 1.48. The molecular formula is C13H21ClN4O. The van der Waals surface area contributed by atoms with Crippen LogP contribution in [0.1, 0.15) is 26.7 Å². The molecule has 1 fully saturated rings. The zero-order valence-electron chi connectivity index (χ0n) is 11.5. The standard InChI is InChI=1S/C13H21ClN4O/c1-9(2)8-18-13(19)12(14)11(7-16-18)17-5-3-4-10(17)6-15/h7,9-10H,3-6,8,15H2,1-2H3. The molecule has 5 nitrogen and oxygen atoms in total. The van der Waals surface area contributed by atoms with Gasteiger partial charge in [-0.15, -0.1) is 0 Å². The molecule has 2 heterocycles. The number of nitrogens with two attached hydrogens (primary N) is 1. The molecule has 1 saturated heterocycles. The summed E-state index contributed by atoms with van der Waals surface area (Å²) in [5, 5.41) is 4.49. The zero-order chi connectivity index (χ0) is 14.0. The van der Waals surface area contributed by atoms with Crippen LogP contribution >= 0.6 is 11.6 Å². The monoisotopic (exact) mass is 284 g/mol. The van der Waals surface area contributed by atoms with Crippen molar-refractivity contribution in [1.29, 1.82) is 0 Å². The molecule has 106 valence electrons. The number of anilines is 1. The minimum Gasteiger partial charge on any atom is -0.365 e. The lowest BCUT2D eigenvalue weighted by molar-refractivity contribution is 0.463. The number of halogens is 1. The molecule has 0 radical (unpaired) electrons. The van der Waals surface area contributed by atoms with Crippen LogP contribution in [-0.4, -0.2) is 28.9 Å². The number of rotatable bonds is 4. The summed E-state index contributed by atoms with van der Waals surface area (Å²) in [6, 6.07) is 0.264. The van der Waals surface area contributed by atoms with Crippen LogP contribution in [0.2, 0.25) is 5.02 Å². The molecule has 2 N–H and O–H groups in total. The van der Waals surface area contributed by atoms with Crippen molar-refractivity contribution in [3.8, 4) is 0 Å². The van der Waals surface area contributed by atoms with Crippen molar-refractivity contribution in [2.45, 2.75) is 39.3 Å². The molecule has 0 aromatic carbocycles. The SMILES string of the molecule is CC(C)Cn1ncc(N2CCCC2CN)c(Cl)c1=O. The lowest BCUT2D eigenvalue weighted by atomic mass is 10.2. The molecule has 0 saturated carbocycles. The first-order valence-electron chi connectivity index (χ1n) is 6.77. The third-order valence-electron chi connectivity index (χ3n) is 3.46. The fourth-order valence-corrected chi connectivity index (χ4v) is 2.79. The molecule has 0 spiro atoms. The van der Waals surface area contributed by atoms with E-state index in [1.54, 1.807) is 6.20 Å². The smallest absolute Gasteiger partial charge is 0.287 e. The van der Waals surface area contributed by atoms with Gasteiger partial charge in [-0.2, -0.15) is 5.10 Å². The molecule has 1 atom stereocenters. The molecule has 1 aromatic heterocycles. The predicted molar refractivity (Wildman–Crippen MR) is 77.8 cm³/mol. The van der Waals surface area contributed by atoms with Crippen molar-refractivity contribution in [1.82, 2.24) is 9.78 Å². The summed E-state index contributed by atoms with van der Waals surface area (Å²) in [6.45, 7) is 6.13. The Kier molecular flexibility index (Phi) is 4.47. The van der Waals surface area contributed by atoms with Gasteiger partial charge in [0, 0.05) is 25.7 Å². The Balaban J connectivity index is 2.33. The second-order valence-corrected chi connectivity index (χ2v) is 5.83. The number of nitrogens with zero attached hydrogens (tertiary/aromatic N) is 3. The van der Waals surface area contributed by atoms with Gasteiger partial charge in [-0.25, -0.2) is 4.68 Å². The molecule has 0 amide bonds. The Bertz CT molecular complexity index is 500. The molecule has 1 unspecified atom stereocenters. The van der Waals surface area contributed by atoms with Crippen molar-refractivity contribution < 1.29 is 0 Å². The Morgan fingerprint density at radius 2 is 2.32 bits per heavy atom. The van der Waals surface area contributed by atoms with Crippen LogP contribution in [0.5, 0.6) is 0 Å². The highest BCUT2D eigenvalue weighted by molar-refractivity contribution is 6.33. The molecule has 0 aliphatic carbocycles. The molecule has 2 rings (SSSR count). The molecule has 1 aliphatic rings. The van der Waals surface area contributed by atoms with E-state index in [0.717, 1.165) is 25.1 Å². The van der Waals surface area contributed by atoms with Crippen molar-refractivity contribution in [2.24, 2.45) is 11.7 Å². The van der Waals surface area contributed by atoms with E-state index in [2.05, 4.69) is 10.00 Å². The lowest BCUT2D eigenvalue weighted by Crippen LogP contribution is -2.37. The second kappa shape index (κ2) is 5.92. The van der Waals surface area contributed by atoms with E-state index >= 15 is 0 Å². The van der Waals surface area contributed by atoms with Gasteiger partial charge in [0.05, 0.1) is 11.9 Å². The van der Waals surface area contributed by atoms with E-state index in [1.165, 1.54) is 4.68 Å². The number of hydrogen-bond donors (Lipinski definition) is 1. The molecule has 19 heavy (non-hydrogen) atoms. The minimum atomic E-state index is -0.212. The first-order chi connectivity index (χ1) is 9.04. The maximum absolute atomic E-state index is 12.2. The zero-order valence-corrected chi connectivity index (χ0v) is 12.2. The van der Waals surface area contributed by atoms with Crippen molar-refractivity contribution in [3.63, 3.8) is 0 Å². The van der Waals surface area contributed by atoms with Gasteiger partial charge in [0.2, 0.25) is 0 Å². The fraction of sp³-hybridized carbons (Fsp3) is 0.692. The van der Waals surface area contributed by atoms with Gasteiger partial charge in [-0.05, 0) is 18.8 Å². The van der Waals surface area contributed by atoms with Gasteiger partial charge in [0.25, 0.3) is 5.56 Å². The van der Waals surface area contributed by atoms with Crippen LogP contribution in [0, 0.1) is 5.92 Å². The summed E-state index contributed by atoms with van der Waals surface area (Å²) in [7, 11) is 0. The highest BCUT2D eigenvalue weighted by atomic mass is 35.5. The number of aromatic nitrogens is 2. The first-order valence-corrected chi connectivity index (χ1v) is 7.14. The maximum Gasteiger partial charge on any atom is 0.287 e. The summed E-state index contributed by atoms with van der Waals surface area (Å²) < 4.78 is 1.43. The average molecular weight is 285 g/mol. The molecule has 1 aromatic rings. The molecule has 0 bridgehead atoms. The van der Waals surface area contributed by atoms with Crippen LogP contribution < -0.4 is 16.2 Å². The van der Waals surface area contributed by atoms with Crippen LogP contribution in [0.3, 0.4) is 0 Å². The molecule has 1 aliphatic heterocycles. The van der Waals surface area contributed by atoms with E-state index in [0.29, 0.717) is 19.0 Å². The Morgan fingerprint density at radius 3 is 2.95 bits per heavy atom. The van der Waals surface area contributed by atoms with Crippen molar-refractivity contribution >= 4 is 17.3 Å². The van der Waals surface area contributed by atoms with Crippen LogP contribution in [-0.2, 0) is 6.54 Å². The van der Waals surface area contributed by atoms with Crippen LogP contribution in [0.4, 0.5) is 5.69 Å². The van der Waals surface area contributed by atoms with Gasteiger partial charge in [0.1, 0.15) is 5.02 Å². The topological polar surface area (TPSA) is 64.2 Å². The second-order valence-electron chi connectivity index (χ2n) is 5.45. The molecule has 6 heteroatoms. The van der Waals surface area contributed by atoms with E-state index in [9.17, 15) is 4.79 Å². The quantitative estimate of drug-likeness (QED) is 0.910. The van der Waals surface area contributed by atoms with Crippen LogP contribution in [0.15, 0.2) is 11.0 Å². The molecular weight excluding hydrogens is 264 g/mol. The summed E-state index contributed by atoms with van der Waals surface area (Å²) in [4.78, 5) is 14.3. The fourth-order valence-electron chi connectivity index (χ4n) is 2.53. The normalized spacial score (nSPS) is 19.4. The van der Waals surface area contributed by atoms with Crippen molar-refractivity contribution in [3.05, 3.63) is 21.6 Å². The summed E-state index contributed by atoms with van der Waals surface area (Å²) in [5.74, 6) is 0.357. The average Bonchev–Trinajstić information content (AvgIpc) is 2.83. The van der Waals surface area contributed by atoms with E-state index < -0.39 is 0 Å². The van der Waals surface area contributed by atoms with Gasteiger partial charge < -0.3 is 10.6 Å². The summed E-state index contributed by atoms with van der Waals surface area (Å²) in [5.41, 5.74) is 6.27. The summed E-state index contributed by atoms with van der Waals surface area (Å²) in [6.07, 6.45) is 3.81. The van der Waals surface area contributed by atoms with Crippen molar-refractivity contribution in [2.75, 3.05) is 18.0 Å². The Hall–Kier alpha value is -1.07. The van der Waals surface area contributed by atoms with Gasteiger partial charge in [0.15, 0.2) is 0 Å². The van der Waals surface area contributed by atoms with Gasteiger partial charge in [-0.1, -0.05) is 25.4 Å². The Labute approximate surface area is 118 Å². The van der Waals surface area contributed by atoms with Crippen LogP contribution in [0.25, 0.3) is 0 Å². The highest BCUT2D eigenvalue weighted by Crippen LogP contribution is 2.28. The third-order valence-corrected chi connectivity index (χ3v) is 3.82.